The van der Waals surface area contributed by atoms with Gasteiger partial charge in [0.25, 0.3) is 0 Å². The Hall–Kier alpha value is -1.14. The van der Waals surface area contributed by atoms with Gasteiger partial charge in [0.2, 0.25) is 11.8 Å². The molecule has 0 saturated carbocycles. The number of carbonyl (C=O) groups excluding carboxylic acids is 2. The van der Waals surface area contributed by atoms with Crippen LogP contribution in [-0.4, -0.2) is 61.6 Å². The lowest BCUT2D eigenvalue weighted by molar-refractivity contribution is -0.129. The largest absolute Gasteiger partial charge is 0.379 e. The van der Waals surface area contributed by atoms with Crippen molar-refractivity contribution in [2.24, 2.45) is 11.8 Å². The predicted molar refractivity (Wildman–Crippen MR) is 86.5 cm³/mol. The molecule has 0 bridgehead atoms. The number of nitrogens with one attached hydrogen (secondary N) is 2. The SMILES string of the molecule is CC(=O)NC(C(=O)NCC(C(C)C)N1CCOCC1)C(C)C. The summed E-state index contributed by atoms with van der Waals surface area (Å²) >= 11 is 0. The second-order valence-electron chi connectivity index (χ2n) is 6.63. The van der Waals surface area contributed by atoms with Gasteiger partial charge in [0, 0.05) is 32.6 Å². The number of hydrogen-bond donors (Lipinski definition) is 2. The molecule has 1 saturated heterocycles. The molecule has 6 nitrogen and oxygen atoms in total. The summed E-state index contributed by atoms with van der Waals surface area (Å²) in [7, 11) is 0. The Morgan fingerprint density at radius 3 is 2.14 bits per heavy atom. The van der Waals surface area contributed by atoms with Gasteiger partial charge in [0.05, 0.1) is 13.2 Å². The summed E-state index contributed by atoms with van der Waals surface area (Å²) in [4.78, 5) is 26.0. The number of ether oxygens (including phenoxy) is 1. The van der Waals surface area contributed by atoms with Crippen molar-refractivity contribution in [2.45, 2.75) is 46.7 Å². The van der Waals surface area contributed by atoms with Gasteiger partial charge in [-0.05, 0) is 11.8 Å². The highest BCUT2D eigenvalue weighted by Gasteiger charge is 2.27. The predicted octanol–water partition coefficient (Wildman–Crippen LogP) is 0.620. The van der Waals surface area contributed by atoms with E-state index in [9.17, 15) is 9.59 Å². The number of carbonyl (C=O) groups is 2. The van der Waals surface area contributed by atoms with Crippen LogP contribution in [0.3, 0.4) is 0 Å². The van der Waals surface area contributed by atoms with Gasteiger partial charge in [-0.15, -0.1) is 0 Å². The van der Waals surface area contributed by atoms with E-state index in [0.29, 0.717) is 12.5 Å². The van der Waals surface area contributed by atoms with E-state index in [0.717, 1.165) is 26.3 Å². The Labute approximate surface area is 134 Å². The number of amides is 2. The molecular formula is C16H31N3O3. The summed E-state index contributed by atoms with van der Waals surface area (Å²) in [5, 5.41) is 5.74. The summed E-state index contributed by atoms with van der Waals surface area (Å²) in [5.41, 5.74) is 0. The molecule has 6 heteroatoms. The van der Waals surface area contributed by atoms with E-state index < -0.39 is 6.04 Å². The number of morpholine rings is 1. The van der Waals surface area contributed by atoms with Gasteiger partial charge >= 0.3 is 0 Å². The smallest absolute Gasteiger partial charge is 0.242 e. The molecule has 1 heterocycles. The molecule has 1 fully saturated rings. The van der Waals surface area contributed by atoms with Crippen LogP contribution in [0.2, 0.25) is 0 Å². The average Bonchev–Trinajstić information content (AvgIpc) is 2.45. The third kappa shape index (κ3) is 5.93. The minimum atomic E-state index is -0.477. The van der Waals surface area contributed by atoms with Crippen LogP contribution in [0.25, 0.3) is 0 Å². The van der Waals surface area contributed by atoms with Crippen molar-refractivity contribution in [2.75, 3.05) is 32.8 Å². The molecule has 0 aliphatic carbocycles. The van der Waals surface area contributed by atoms with Crippen molar-refractivity contribution in [1.29, 1.82) is 0 Å². The summed E-state index contributed by atoms with van der Waals surface area (Å²) in [6.45, 7) is 13.5. The molecule has 1 rings (SSSR count). The van der Waals surface area contributed by atoms with Gasteiger partial charge in [-0.25, -0.2) is 0 Å². The lowest BCUT2D eigenvalue weighted by Gasteiger charge is -2.37. The maximum atomic E-state index is 12.4. The van der Waals surface area contributed by atoms with E-state index in [1.54, 1.807) is 0 Å². The maximum absolute atomic E-state index is 12.4. The van der Waals surface area contributed by atoms with Gasteiger partial charge in [0.15, 0.2) is 0 Å². The van der Waals surface area contributed by atoms with E-state index in [2.05, 4.69) is 29.4 Å². The first kappa shape index (κ1) is 18.9. The highest BCUT2D eigenvalue weighted by molar-refractivity contribution is 5.87. The second-order valence-corrected chi connectivity index (χ2v) is 6.63. The Kier molecular flexibility index (Phi) is 7.82. The van der Waals surface area contributed by atoms with Gasteiger partial charge in [-0.1, -0.05) is 27.7 Å². The zero-order chi connectivity index (χ0) is 16.7. The summed E-state index contributed by atoms with van der Waals surface area (Å²) in [6.07, 6.45) is 0. The van der Waals surface area contributed by atoms with E-state index >= 15 is 0 Å². The fourth-order valence-electron chi connectivity index (χ4n) is 2.76. The highest BCUT2D eigenvalue weighted by atomic mass is 16.5. The summed E-state index contributed by atoms with van der Waals surface area (Å²) in [6, 6.07) is -0.187. The van der Waals surface area contributed by atoms with E-state index in [1.165, 1.54) is 6.92 Å². The molecule has 2 unspecified atom stereocenters. The van der Waals surface area contributed by atoms with Crippen molar-refractivity contribution in [1.82, 2.24) is 15.5 Å². The van der Waals surface area contributed by atoms with Gasteiger partial charge in [-0.2, -0.15) is 0 Å². The average molecular weight is 313 g/mol. The molecule has 1 aliphatic rings. The Balaban J connectivity index is 2.58. The van der Waals surface area contributed by atoms with Gasteiger partial charge in [-0.3, -0.25) is 14.5 Å². The van der Waals surface area contributed by atoms with Crippen LogP contribution in [0.1, 0.15) is 34.6 Å². The molecule has 0 spiro atoms. The molecule has 128 valence electrons. The third-order valence-corrected chi connectivity index (χ3v) is 4.08. The quantitative estimate of drug-likeness (QED) is 0.723. The minimum absolute atomic E-state index is 0.0600. The number of rotatable bonds is 7. The van der Waals surface area contributed by atoms with E-state index in [1.807, 2.05) is 13.8 Å². The lowest BCUT2D eigenvalue weighted by Crippen LogP contribution is -2.55. The first-order valence-corrected chi connectivity index (χ1v) is 8.19. The van der Waals surface area contributed by atoms with E-state index in [4.69, 9.17) is 4.74 Å². The lowest BCUT2D eigenvalue weighted by atomic mass is 10.0. The Bertz CT molecular complexity index is 366. The topological polar surface area (TPSA) is 70.7 Å². The van der Waals surface area contributed by atoms with Gasteiger partial charge < -0.3 is 15.4 Å². The van der Waals surface area contributed by atoms with Crippen LogP contribution in [-0.2, 0) is 14.3 Å². The molecule has 0 aromatic heterocycles. The summed E-state index contributed by atoms with van der Waals surface area (Å²) in [5.74, 6) is 0.216. The van der Waals surface area contributed by atoms with Crippen LogP contribution < -0.4 is 10.6 Å². The normalized spacial score (nSPS) is 19.0. The third-order valence-electron chi connectivity index (χ3n) is 4.08. The van der Waals surface area contributed by atoms with Crippen molar-refractivity contribution in [3.63, 3.8) is 0 Å². The molecule has 1 aliphatic heterocycles. The Morgan fingerprint density at radius 1 is 1.09 bits per heavy atom. The van der Waals surface area contributed by atoms with Crippen molar-refractivity contribution < 1.29 is 14.3 Å². The van der Waals surface area contributed by atoms with Crippen molar-refractivity contribution in [3.05, 3.63) is 0 Å². The monoisotopic (exact) mass is 313 g/mol. The Morgan fingerprint density at radius 2 is 1.68 bits per heavy atom. The maximum Gasteiger partial charge on any atom is 0.242 e. The zero-order valence-corrected chi connectivity index (χ0v) is 14.5. The molecule has 0 aromatic carbocycles. The van der Waals surface area contributed by atoms with Crippen molar-refractivity contribution in [3.8, 4) is 0 Å². The van der Waals surface area contributed by atoms with Crippen molar-refractivity contribution >= 4 is 11.8 Å². The van der Waals surface area contributed by atoms with Crippen LogP contribution in [0.4, 0.5) is 0 Å². The number of hydrogen-bond acceptors (Lipinski definition) is 4. The molecule has 0 radical (unpaired) electrons. The minimum Gasteiger partial charge on any atom is -0.379 e. The highest BCUT2D eigenvalue weighted by Crippen LogP contribution is 2.12. The summed E-state index contributed by atoms with van der Waals surface area (Å²) < 4.78 is 5.39. The molecular weight excluding hydrogens is 282 g/mol. The van der Waals surface area contributed by atoms with E-state index in [-0.39, 0.29) is 23.8 Å². The first-order chi connectivity index (χ1) is 10.3. The molecule has 22 heavy (non-hydrogen) atoms. The van der Waals surface area contributed by atoms with Crippen LogP contribution in [0, 0.1) is 11.8 Å². The molecule has 2 N–H and O–H groups in total. The van der Waals surface area contributed by atoms with Gasteiger partial charge in [0.1, 0.15) is 6.04 Å². The standard InChI is InChI=1S/C16H31N3O3/c1-11(2)14(19-6-8-22-9-7-19)10-17-16(21)15(12(3)4)18-13(5)20/h11-12,14-15H,6-10H2,1-5H3,(H,17,21)(H,18,20). The van der Waals surface area contributed by atoms with Crippen LogP contribution >= 0.6 is 0 Å². The second kappa shape index (κ2) is 9.10. The van der Waals surface area contributed by atoms with Crippen LogP contribution in [0.15, 0.2) is 0 Å². The fraction of sp³-hybridized carbons (Fsp3) is 0.875. The number of nitrogens with zero attached hydrogens (tertiary/aromatic N) is 1. The molecule has 2 amide bonds. The molecule has 2 atom stereocenters. The zero-order valence-electron chi connectivity index (χ0n) is 14.5. The molecule has 0 aromatic rings. The fourth-order valence-corrected chi connectivity index (χ4v) is 2.76. The van der Waals surface area contributed by atoms with Crippen LogP contribution in [0.5, 0.6) is 0 Å². The first-order valence-electron chi connectivity index (χ1n) is 8.19.